The van der Waals surface area contributed by atoms with Gasteiger partial charge in [0.15, 0.2) is 6.29 Å². The summed E-state index contributed by atoms with van der Waals surface area (Å²) in [5.41, 5.74) is 6.79. The Kier molecular flexibility index (Phi) is 10.5. The molecule has 0 aliphatic rings. The minimum absolute atomic E-state index is 0.219. The summed E-state index contributed by atoms with van der Waals surface area (Å²) >= 11 is 0. The summed E-state index contributed by atoms with van der Waals surface area (Å²) in [7, 11) is 4.66. The van der Waals surface area contributed by atoms with E-state index in [4.69, 9.17) is 9.68 Å². The van der Waals surface area contributed by atoms with E-state index in [1.165, 1.54) is 12.7 Å². The van der Waals surface area contributed by atoms with Crippen molar-refractivity contribution in [3.05, 3.63) is 95.1 Å². The molecule has 0 atom stereocenters. The van der Waals surface area contributed by atoms with Crippen molar-refractivity contribution in [1.82, 2.24) is 0 Å². The largest absolute Gasteiger partial charge is 0.399 e. The monoisotopic (exact) mass is 446 g/mol. The number of benzene rings is 3. The number of oxime groups is 2. The highest BCUT2D eigenvalue weighted by Crippen LogP contribution is 2.20. The molecule has 0 amide bonds. The van der Waals surface area contributed by atoms with Gasteiger partial charge in [0.05, 0.1) is 5.71 Å². The topological polar surface area (TPSA) is 69.5 Å². The van der Waals surface area contributed by atoms with Gasteiger partial charge in [0.1, 0.15) is 19.4 Å². The summed E-state index contributed by atoms with van der Waals surface area (Å²) in [5.74, 6) is 0. The van der Waals surface area contributed by atoms with Crippen molar-refractivity contribution in [2.45, 2.75) is 20.5 Å². The van der Waals surface area contributed by atoms with Crippen LogP contribution in [0, 0.1) is 6.92 Å². The number of aryl methyl sites for hydroxylation is 1. The van der Waals surface area contributed by atoms with E-state index in [-0.39, 0.29) is 12.3 Å². The van der Waals surface area contributed by atoms with Crippen LogP contribution in [0.4, 0.5) is 0 Å². The zero-order chi connectivity index (χ0) is 24.1. The quantitative estimate of drug-likeness (QED) is 0.263. The number of ether oxygens (including phenoxy) is 1. The highest BCUT2D eigenvalue weighted by molar-refractivity contribution is 6.36. The molecular weight excluding hydrogens is 416 g/mol. The van der Waals surface area contributed by atoms with Crippen LogP contribution in [0.1, 0.15) is 29.2 Å². The van der Waals surface area contributed by atoms with Crippen molar-refractivity contribution in [2.75, 3.05) is 21.3 Å². The van der Waals surface area contributed by atoms with E-state index in [0.29, 0.717) is 11.8 Å². The second kappa shape index (κ2) is 13.6. The van der Waals surface area contributed by atoms with Gasteiger partial charge in [0.25, 0.3) is 0 Å². The summed E-state index contributed by atoms with van der Waals surface area (Å²) < 4.78 is 4.25. The third-order valence-electron chi connectivity index (χ3n) is 4.81. The molecule has 0 aliphatic heterocycles. The molecule has 3 aromatic carbocycles. The lowest BCUT2D eigenvalue weighted by Crippen LogP contribution is -2.09. The summed E-state index contributed by atoms with van der Waals surface area (Å²) in [6.45, 7) is 4.08. The Hall–Kier alpha value is -3.77. The van der Waals surface area contributed by atoms with E-state index >= 15 is 0 Å². The van der Waals surface area contributed by atoms with Crippen LogP contribution >= 0.6 is 0 Å². The van der Waals surface area contributed by atoms with Crippen molar-refractivity contribution in [3.8, 4) is 11.1 Å². The van der Waals surface area contributed by atoms with E-state index in [9.17, 15) is 4.79 Å². The first-order valence-electron chi connectivity index (χ1n) is 10.4. The lowest BCUT2D eigenvalue weighted by Gasteiger charge is -2.11. The van der Waals surface area contributed by atoms with Gasteiger partial charge in [0, 0.05) is 25.3 Å². The first-order valence-corrected chi connectivity index (χ1v) is 10.4. The third kappa shape index (κ3) is 7.40. The van der Waals surface area contributed by atoms with Crippen LogP contribution in [-0.4, -0.2) is 39.0 Å². The highest BCUT2D eigenvalue weighted by Gasteiger charge is 2.12. The molecule has 0 aliphatic carbocycles. The Morgan fingerprint density at radius 2 is 1.48 bits per heavy atom. The smallest absolute Gasteiger partial charge is 0.172 e. The van der Waals surface area contributed by atoms with Crippen LogP contribution < -0.4 is 0 Å². The number of hydrogen-bond acceptors (Lipinski definition) is 6. The molecule has 6 nitrogen and oxygen atoms in total. The summed E-state index contributed by atoms with van der Waals surface area (Å²) in [4.78, 5) is 21.8. The fourth-order valence-corrected chi connectivity index (χ4v) is 3.15. The van der Waals surface area contributed by atoms with Crippen LogP contribution in [-0.2, 0) is 25.8 Å². The molecule has 0 N–H and O–H groups in total. The molecule has 0 saturated carbocycles. The minimum atomic E-state index is 0.219. The second-order valence-electron chi connectivity index (χ2n) is 7.18. The van der Waals surface area contributed by atoms with Crippen molar-refractivity contribution in [1.29, 1.82) is 0 Å². The molecule has 0 heterocycles. The van der Waals surface area contributed by atoms with Crippen molar-refractivity contribution < 1.29 is 19.2 Å². The lowest BCUT2D eigenvalue weighted by atomic mass is 9.99. The average molecular weight is 447 g/mol. The zero-order valence-corrected chi connectivity index (χ0v) is 19.7. The molecule has 6 heteroatoms. The molecule has 0 unspecified atom stereocenters. The van der Waals surface area contributed by atoms with E-state index in [0.717, 1.165) is 28.0 Å². The molecule has 0 aromatic heterocycles. The molecular formula is C27H30N2O4. The first-order chi connectivity index (χ1) is 16.0. The maximum absolute atomic E-state index is 11.4. The maximum atomic E-state index is 11.4. The number of rotatable bonds is 8. The molecule has 0 bridgehead atoms. The predicted molar refractivity (Wildman–Crippen MR) is 133 cm³/mol. The summed E-state index contributed by atoms with van der Waals surface area (Å²) in [6, 6.07) is 24.1. The number of carbonyl (C=O) groups is 1. The standard InChI is InChI=1S/C25H24N2O3.C2H6O/c1-18-8-7-11-23(25(16-28)27-29-3)24(18)17-30-26-19(2)20-12-14-22(15-13-20)21-9-5-4-6-10-21;1-3-2/h4-16H,17H2,1-3H3;1-2H3/b26-19+,27-25-;. The van der Waals surface area contributed by atoms with Gasteiger partial charge >= 0.3 is 0 Å². The normalized spacial score (nSPS) is 11.3. The molecule has 3 aromatic rings. The Labute approximate surface area is 195 Å². The fourth-order valence-electron chi connectivity index (χ4n) is 3.15. The van der Waals surface area contributed by atoms with Gasteiger partial charge in [-0.05, 0) is 36.1 Å². The van der Waals surface area contributed by atoms with Gasteiger partial charge < -0.3 is 14.4 Å². The van der Waals surface area contributed by atoms with Gasteiger partial charge in [-0.25, -0.2) is 0 Å². The molecule has 172 valence electrons. The van der Waals surface area contributed by atoms with Gasteiger partial charge in [-0.1, -0.05) is 83.1 Å². The Bertz CT molecular complexity index is 1080. The maximum Gasteiger partial charge on any atom is 0.172 e. The predicted octanol–water partition coefficient (Wildman–Crippen LogP) is 5.41. The summed E-state index contributed by atoms with van der Waals surface area (Å²) in [6.07, 6.45) is 0.671. The van der Waals surface area contributed by atoms with Crippen molar-refractivity contribution >= 4 is 17.7 Å². The molecule has 0 spiro atoms. The number of hydrogen-bond donors (Lipinski definition) is 0. The second-order valence-corrected chi connectivity index (χ2v) is 7.18. The third-order valence-corrected chi connectivity index (χ3v) is 4.81. The lowest BCUT2D eigenvalue weighted by molar-refractivity contribution is -0.102. The number of carbonyl (C=O) groups excluding carboxylic acids is 1. The number of methoxy groups -OCH3 is 1. The molecule has 33 heavy (non-hydrogen) atoms. The van der Waals surface area contributed by atoms with Gasteiger partial charge in [-0.15, -0.1) is 0 Å². The highest BCUT2D eigenvalue weighted by atomic mass is 16.6. The Morgan fingerprint density at radius 3 is 2.09 bits per heavy atom. The average Bonchev–Trinajstić information content (AvgIpc) is 2.84. The van der Waals surface area contributed by atoms with Gasteiger partial charge in [-0.3, -0.25) is 4.79 Å². The zero-order valence-electron chi connectivity index (χ0n) is 19.7. The number of aldehydes is 1. The van der Waals surface area contributed by atoms with Crippen LogP contribution in [0.5, 0.6) is 0 Å². The van der Waals surface area contributed by atoms with E-state index in [2.05, 4.69) is 39.3 Å². The van der Waals surface area contributed by atoms with Gasteiger partial charge in [-0.2, -0.15) is 0 Å². The van der Waals surface area contributed by atoms with E-state index < -0.39 is 0 Å². The molecule has 0 fully saturated rings. The van der Waals surface area contributed by atoms with Crippen LogP contribution in [0.15, 0.2) is 83.1 Å². The summed E-state index contributed by atoms with van der Waals surface area (Å²) in [5, 5.41) is 8.06. The Morgan fingerprint density at radius 1 is 0.848 bits per heavy atom. The van der Waals surface area contributed by atoms with Gasteiger partial charge in [0.2, 0.25) is 0 Å². The van der Waals surface area contributed by atoms with Crippen LogP contribution in [0.25, 0.3) is 11.1 Å². The minimum Gasteiger partial charge on any atom is -0.399 e. The Balaban J connectivity index is 0.00000122. The molecule has 3 rings (SSSR count). The van der Waals surface area contributed by atoms with Crippen molar-refractivity contribution in [3.63, 3.8) is 0 Å². The van der Waals surface area contributed by atoms with Crippen LogP contribution in [0.2, 0.25) is 0 Å². The molecule has 0 radical (unpaired) electrons. The SMILES string of the molecule is CO/N=C(/C=O)c1cccc(C)c1CO/N=C(\C)c1ccc(-c2ccccc2)cc1.COC. The van der Waals surface area contributed by atoms with Crippen LogP contribution in [0.3, 0.4) is 0 Å². The van der Waals surface area contributed by atoms with E-state index in [1.807, 2.05) is 62.4 Å². The number of nitrogens with zero attached hydrogens (tertiary/aromatic N) is 2. The first kappa shape index (κ1) is 25.5. The van der Waals surface area contributed by atoms with E-state index in [1.54, 1.807) is 14.2 Å². The fraction of sp³-hybridized carbons (Fsp3) is 0.222. The van der Waals surface area contributed by atoms with Crippen molar-refractivity contribution in [2.24, 2.45) is 10.3 Å². The molecule has 0 saturated heterocycles.